The molecule has 0 aliphatic carbocycles. The van der Waals surface area contributed by atoms with Crippen molar-refractivity contribution in [3.8, 4) is 0 Å². The van der Waals surface area contributed by atoms with Gasteiger partial charge in [-0.25, -0.2) is 5.06 Å². The topological polar surface area (TPSA) is 27.7 Å². The van der Waals surface area contributed by atoms with Gasteiger partial charge >= 0.3 is 0 Å². The number of nitrogens with one attached hydrogen (secondary N) is 1. The lowest BCUT2D eigenvalue weighted by atomic mass is 10.3. The molecule has 1 saturated heterocycles. The number of anilines is 2. The average Bonchev–Trinajstić information content (AvgIpc) is 2.87. The van der Waals surface area contributed by atoms with E-state index in [9.17, 15) is 0 Å². The highest BCUT2D eigenvalue weighted by Crippen LogP contribution is 2.31. The van der Waals surface area contributed by atoms with Crippen LogP contribution in [-0.4, -0.2) is 37.8 Å². The average molecular weight is 219 g/mol. The Morgan fingerprint density at radius 3 is 3.06 bits per heavy atom. The van der Waals surface area contributed by atoms with Gasteiger partial charge in [-0.15, -0.1) is 0 Å². The van der Waals surface area contributed by atoms with Crippen molar-refractivity contribution in [2.45, 2.75) is 12.5 Å². The van der Waals surface area contributed by atoms with Crippen molar-refractivity contribution >= 4 is 11.4 Å². The van der Waals surface area contributed by atoms with Crippen LogP contribution in [0.4, 0.5) is 11.4 Å². The summed E-state index contributed by atoms with van der Waals surface area (Å²) in [6.45, 7) is 2.91. The van der Waals surface area contributed by atoms with E-state index in [1.807, 2.05) is 17.2 Å². The second kappa shape index (κ2) is 3.96. The third-order valence-corrected chi connectivity index (χ3v) is 3.21. The van der Waals surface area contributed by atoms with Crippen LogP contribution in [0.1, 0.15) is 6.42 Å². The standard InChI is InChI=1S/C12H17N3O/c1-14-7-6-10(8-14)16-15-9-13-11-4-2-3-5-12(11)15/h2-5,10,13H,6-9H2,1H3. The zero-order valence-electron chi connectivity index (χ0n) is 9.52. The van der Waals surface area contributed by atoms with Gasteiger partial charge in [-0.1, -0.05) is 12.1 Å². The predicted molar refractivity (Wildman–Crippen MR) is 64.4 cm³/mol. The minimum absolute atomic E-state index is 0.331. The summed E-state index contributed by atoms with van der Waals surface area (Å²) in [5.74, 6) is 0. The van der Waals surface area contributed by atoms with Crippen molar-refractivity contribution in [2.75, 3.05) is 37.2 Å². The van der Waals surface area contributed by atoms with E-state index in [-0.39, 0.29) is 0 Å². The lowest BCUT2D eigenvalue weighted by Gasteiger charge is -2.21. The first kappa shape index (κ1) is 9.93. The van der Waals surface area contributed by atoms with Gasteiger partial charge in [0.1, 0.15) is 6.67 Å². The van der Waals surface area contributed by atoms with Crippen LogP contribution in [0, 0.1) is 0 Å². The zero-order valence-corrected chi connectivity index (χ0v) is 9.52. The summed E-state index contributed by atoms with van der Waals surface area (Å²) in [5.41, 5.74) is 2.31. The third kappa shape index (κ3) is 1.74. The number of hydrogen-bond acceptors (Lipinski definition) is 4. The molecule has 2 aliphatic rings. The second-order valence-electron chi connectivity index (χ2n) is 4.51. The fraction of sp³-hybridized carbons (Fsp3) is 0.500. The van der Waals surface area contributed by atoms with E-state index in [0.29, 0.717) is 6.10 Å². The normalized spacial score (nSPS) is 24.6. The van der Waals surface area contributed by atoms with Crippen LogP contribution in [0.25, 0.3) is 0 Å². The highest BCUT2D eigenvalue weighted by Gasteiger charge is 2.26. The molecular weight excluding hydrogens is 202 g/mol. The minimum atomic E-state index is 0.331. The zero-order chi connectivity index (χ0) is 11.0. The largest absolute Gasteiger partial charge is 0.364 e. The molecule has 86 valence electrons. The fourth-order valence-corrected chi connectivity index (χ4v) is 2.34. The van der Waals surface area contributed by atoms with Gasteiger partial charge in [-0.05, 0) is 25.6 Å². The molecule has 0 aromatic heterocycles. The Hall–Kier alpha value is -1.26. The Bertz CT molecular complexity index is 382. The lowest BCUT2D eigenvalue weighted by Crippen LogP contribution is -2.31. The summed E-state index contributed by atoms with van der Waals surface area (Å²) in [6, 6.07) is 8.26. The number of benzene rings is 1. The van der Waals surface area contributed by atoms with Gasteiger partial charge in [0.25, 0.3) is 0 Å². The van der Waals surface area contributed by atoms with E-state index in [0.717, 1.165) is 37.6 Å². The molecular formula is C12H17N3O. The summed E-state index contributed by atoms with van der Waals surface area (Å²) >= 11 is 0. The van der Waals surface area contributed by atoms with Crippen molar-refractivity contribution in [2.24, 2.45) is 0 Å². The van der Waals surface area contributed by atoms with Crippen molar-refractivity contribution < 1.29 is 4.84 Å². The Morgan fingerprint density at radius 2 is 2.25 bits per heavy atom. The molecule has 0 amide bonds. The highest BCUT2D eigenvalue weighted by atomic mass is 16.7. The summed E-state index contributed by atoms with van der Waals surface area (Å²) in [5, 5.41) is 5.29. The van der Waals surface area contributed by atoms with Gasteiger partial charge in [-0.3, -0.25) is 4.84 Å². The van der Waals surface area contributed by atoms with E-state index < -0.39 is 0 Å². The Balaban J connectivity index is 1.69. The number of likely N-dealkylation sites (N-methyl/N-ethyl adjacent to an activating group) is 1. The molecule has 1 atom stereocenters. The summed E-state index contributed by atoms with van der Waals surface area (Å²) < 4.78 is 0. The van der Waals surface area contributed by atoms with Crippen LogP contribution in [0.2, 0.25) is 0 Å². The molecule has 0 bridgehead atoms. The van der Waals surface area contributed by atoms with Crippen LogP contribution in [0.15, 0.2) is 24.3 Å². The van der Waals surface area contributed by atoms with Crippen molar-refractivity contribution in [1.82, 2.24) is 4.90 Å². The van der Waals surface area contributed by atoms with Gasteiger partial charge in [0.15, 0.2) is 0 Å². The van der Waals surface area contributed by atoms with Gasteiger partial charge in [0.05, 0.1) is 17.5 Å². The molecule has 1 unspecified atom stereocenters. The molecule has 16 heavy (non-hydrogen) atoms. The monoisotopic (exact) mass is 219 g/mol. The summed E-state index contributed by atoms with van der Waals surface area (Å²) in [6.07, 6.45) is 1.45. The first-order valence-corrected chi connectivity index (χ1v) is 5.79. The number of hydrogen-bond donors (Lipinski definition) is 1. The van der Waals surface area contributed by atoms with Crippen molar-refractivity contribution in [3.05, 3.63) is 24.3 Å². The molecule has 1 aromatic rings. The van der Waals surface area contributed by atoms with Gasteiger partial charge in [0.2, 0.25) is 0 Å². The molecule has 2 heterocycles. The number of hydroxylamine groups is 1. The van der Waals surface area contributed by atoms with Gasteiger partial charge in [0, 0.05) is 13.1 Å². The van der Waals surface area contributed by atoms with E-state index in [1.54, 1.807) is 0 Å². The molecule has 4 nitrogen and oxygen atoms in total. The number of fused-ring (bicyclic) bond motifs is 1. The summed E-state index contributed by atoms with van der Waals surface area (Å²) in [4.78, 5) is 8.30. The maximum atomic E-state index is 6.00. The van der Waals surface area contributed by atoms with E-state index in [4.69, 9.17) is 4.84 Å². The minimum Gasteiger partial charge on any atom is -0.364 e. The number of para-hydroxylation sites is 2. The van der Waals surface area contributed by atoms with E-state index >= 15 is 0 Å². The predicted octanol–water partition coefficient (Wildman–Crippen LogP) is 1.51. The SMILES string of the molecule is CN1CCC(ON2CNc3ccccc32)C1. The van der Waals surface area contributed by atoms with Gasteiger partial charge in [-0.2, -0.15) is 0 Å². The van der Waals surface area contributed by atoms with Crippen LogP contribution >= 0.6 is 0 Å². The first-order valence-electron chi connectivity index (χ1n) is 5.79. The van der Waals surface area contributed by atoms with Crippen molar-refractivity contribution in [3.63, 3.8) is 0 Å². The molecule has 2 aliphatic heterocycles. The maximum Gasteiger partial charge on any atom is 0.114 e. The van der Waals surface area contributed by atoms with Crippen LogP contribution in [0.5, 0.6) is 0 Å². The van der Waals surface area contributed by atoms with E-state index in [1.165, 1.54) is 0 Å². The Labute approximate surface area is 95.7 Å². The Morgan fingerprint density at radius 1 is 1.38 bits per heavy atom. The molecule has 1 fully saturated rings. The molecule has 0 radical (unpaired) electrons. The molecule has 4 heteroatoms. The molecule has 1 N–H and O–H groups in total. The first-order chi connectivity index (χ1) is 7.83. The molecule has 1 aromatic carbocycles. The smallest absolute Gasteiger partial charge is 0.114 e. The number of likely N-dealkylation sites (tertiary alicyclic amines) is 1. The number of rotatable bonds is 2. The van der Waals surface area contributed by atoms with Crippen LogP contribution < -0.4 is 10.4 Å². The lowest BCUT2D eigenvalue weighted by molar-refractivity contribution is 0.0452. The Kier molecular flexibility index (Phi) is 2.46. The van der Waals surface area contributed by atoms with Crippen molar-refractivity contribution in [1.29, 1.82) is 0 Å². The van der Waals surface area contributed by atoms with E-state index in [2.05, 4.69) is 29.4 Å². The van der Waals surface area contributed by atoms with Gasteiger partial charge < -0.3 is 10.2 Å². The third-order valence-electron chi connectivity index (χ3n) is 3.21. The fourth-order valence-electron chi connectivity index (χ4n) is 2.34. The quantitative estimate of drug-likeness (QED) is 0.816. The highest BCUT2D eigenvalue weighted by molar-refractivity contribution is 5.73. The molecule has 3 rings (SSSR count). The molecule has 0 saturated carbocycles. The molecule has 0 spiro atoms. The van der Waals surface area contributed by atoms with Crippen LogP contribution in [0.3, 0.4) is 0 Å². The van der Waals surface area contributed by atoms with Crippen LogP contribution in [-0.2, 0) is 4.84 Å². The second-order valence-corrected chi connectivity index (χ2v) is 4.51. The summed E-state index contributed by atoms with van der Waals surface area (Å²) in [7, 11) is 2.14. The maximum absolute atomic E-state index is 6.00. The number of nitrogens with zero attached hydrogens (tertiary/aromatic N) is 2.